The van der Waals surface area contributed by atoms with Gasteiger partial charge < -0.3 is 10.6 Å². The summed E-state index contributed by atoms with van der Waals surface area (Å²) in [5.74, 6) is -0.307. The van der Waals surface area contributed by atoms with Gasteiger partial charge in [-0.25, -0.2) is 4.39 Å². The van der Waals surface area contributed by atoms with E-state index in [1.165, 1.54) is 6.07 Å². The summed E-state index contributed by atoms with van der Waals surface area (Å²) >= 11 is 0. The Kier molecular flexibility index (Phi) is 4.09. The SMILES string of the molecule is CCNC(=O)CNc1ccc(F)c(C)c1. The van der Waals surface area contributed by atoms with Crippen LogP contribution in [0.25, 0.3) is 0 Å². The zero-order chi connectivity index (χ0) is 11.3. The Bertz CT molecular complexity index is 352. The van der Waals surface area contributed by atoms with Crippen molar-refractivity contribution in [1.29, 1.82) is 0 Å². The van der Waals surface area contributed by atoms with Crippen LogP contribution in [0.5, 0.6) is 0 Å². The first kappa shape index (κ1) is 11.5. The highest BCUT2D eigenvalue weighted by atomic mass is 19.1. The number of hydrogen-bond acceptors (Lipinski definition) is 2. The molecule has 2 N–H and O–H groups in total. The summed E-state index contributed by atoms with van der Waals surface area (Å²) in [5, 5.41) is 5.58. The van der Waals surface area contributed by atoms with Gasteiger partial charge in [0, 0.05) is 12.2 Å². The van der Waals surface area contributed by atoms with Gasteiger partial charge in [-0.2, -0.15) is 0 Å². The van der Waals surface area contributed by atoms with Crippen molar-refractivity contribution in [2.75, 3.05) is 18.4 Å². The fourth-order valence-corrected chi connectivity index (χ4v) is 1.20. The molecule has 3 nitrogen and oxygen atoms in total. The molecule has 0 aliphatic heterocycles. The van der Waals surface area contributed by atoms with Gasteiger partial charge in [-0.1, -0.05) is 0 Å². The number of anilines is 1. The van der Waals surface area contributed by atoms with Crippen LogP contribution in [0.4, 0.5) is 10.1 Å². The van der Waals surface area contributed by atoms with E-state index in [1.54, 1.807) is 19.1 Å². The average molecular weight is 210 g/mol. The maximum atomic E-state index is 12.9. The smallest absolute Gasteiger partial charge is 0.239 e. The normalized spacial score (nSPS) is 9.80. The number of hydrogen-bond donors (Lipinski definition) is 2. The number of aryl methyl sites for hydroxylation is 1. The summed E-state index contributed by atoms with van der Waals surface area (Å²) in [4.78, 5) is 11.1. The number of rotatable bonds is 4. The molecule has 0 bridgehead atoms. The van der Waals surface area contributed by atoms with E-state index in [1.807, 2.05) is 6.92 Å². The summed E-state index contributed by atoms with van der Waals surface area (Å²) in [6.45, 7) is 4.37. The molecule has 0 spiro atoms. The van der Waals surface area contributed by atoms with E-state index in [-0.39, 0.29) is 18.3 Å². The van der Waals surface area contributed by atoms with Gasteiger partial charge in [0.2, 0.25) is 5.91 Å². The molecule has 4 heteroatoms. The Morgan fingerprint density at radius 2 is 2.20 bits per heavy atom. The molecule has 1 rings (SSSR count). The van der Waals surface area contributed by atoms with E-state index in [9.17, 15) is 9.18 Å². The lowest BCUT2D eigenvalue weighted by Gasteiger charge is -2.07. The average Bonchev–Trinajstić information content (AvgIpc) is 2.20. The van der Waals surface area contributed by atoms with Crippen molar-refractivity contribution in [2.45, 2.75) is 13.8 Å². The number of carbonyl (C=O) groups excluding carboxylic acids is 1. The van der Waals surface area contributed by atoms with Crippen molar-refractivity contribution in [3.63, 3.8) is 0 Å². The van der Waals surface area contributed by atoms with Crippen molar-refractivity contribution in [3.8, 4) is 0 Å². The second kappa shape index (κ2) is 5.34. The number of likely N-dealkylation sites (N-methyl/N-ethyl adjacent to an activating group) is 1. The molecule has 0 aromatic heterocycles. The van der Waals surface area contributed by atoms with Gasteiger partial charge in [0.15, 0.2) is 0 Å². The van der Waals surface area contributed by atoms with Crippen LogP contribution in [0.15, 0.2) is 18.2 Å². The summed E-state index contributed by atoms with van der Waals surface area (Å²) in [7, 11) is 0. The van der Waals surface area contributed by atoms with E-state index < -0.39 is 0 Å². The fraction of sp³-hybridized carbons (Fsp3) is 0.364. The second-order valence-corrected chi connectivity index (χ2v) is 3.27. The monoisotopic (exact) mass is 210 g/mol. The van der Waals surface area contributed by atoms with Gasteiger partial charge in [-0.05, 0) is 37.6 Å². The number of nitrogens with one attached hydrogen (secondary N) is 2. The largest absolute Gasteiger partial charge is 0.376 e. The van der Waals surface area contributed by atoms with Crippen molar-refractivity contribution < 1.29 is 9.18 Å². The van der Waals surface area contributed by atoms with Crippen LogP contribution in [-0.4, -0.2) is 19.0 Å². The van der Waals surface area contributed by atoms with E-state index in [0.717, 1.165) is 5.69 Å². The topological polar surface area (TPSA) is 41.1 Å². The standard InChI is InChI=1S/C11H15FN2O/c1-3-13-11(15)7-14-9-4-5-10(12)8(2)6-9/h4-6,14H,3,7H2,1-2H3,(H,13,15). The highest BCUT2D eigenvalue weighted by Gasteiger charge is 2.01. The van der Waals surface area contributed by atoms with Gasteiger partial charge in [-0.15, -0.1) is 0 Å². The predicted octanol–water partition coefficient (Wildman–Crippen LogP) is 1.68. The van der Waals surface area contributed by atoms with Crippen molar-refractivity contribution >= 4 is 11.6 Å². The Labute approximate surface area is 88.7 Å². The lowest BCUT2D eigenvalue weighted by molar-refractivity contribution is -0.119. The molecule has 0 saturated carbocycles. The minimum absolute atomic E-state index is 0.0699. The summed E-state index contributed by atoms with van der Waals surface area (Å²) in [6.07, 6.45) is 0. The van der Waals surface area contributed by atoms with Crippen molar-refractivity contribution in [3.05, 3.63) is 29.6 Å². The Morgan fingerprint density at radius 3 is 2.80 bits per heavy atom. The zero-order valence-corrected chi connectivity index (χ0v) is 8.93. The summed E-state index contributed by atoms with van der Waals surface area (Å²) in [5.41, 5.74) is 1.32. The number of halogens is 1. The van der Waals surface area contributed by atoms with Crippen molar-refractivity contribution in [1.82, 2.24) is 5.32 Å². The highest BCUT2D eigenvalue weighted by molar-refractivity contribution is 5.80. The first-order chi connectivity index (χ1) is 7.13. The molecule has 0 aliphatic rings. The first-order valence-electron chi connectivity index (χ1n) is 4.90. The van der Waals surface area contributed by atoms with Crippen LogP contribution in [0.1, 0.15) is 12.5 Å². The molecule has 0 heterocycles. The number of amides is 1. The Morgan fingerprint density at radius 1 is 1.47 bits per heavy atom. The molecule has 1 amide bonds. The second-order valence-electron chi connectivity index (χ2n) is 3.27. The van der Waals surface area contributed by atoms with Crippen LogP contribution >= 0.6 is 0 Å². The van der Waals surface area contributed by atoms with E-state index >= 15 is 0 Å². The molecule has 15 heavy (non-hydrogen) atoms. The van der Waals surface area contributed by atoms with Crippen LogP contribution in [0.2, 0.25) is 0 Å². The third-order valence-corrected chi connectivity index (χ3v) is 1.98. The fourth-order valence-electron chi connectivity index (χ4n) is 1.20. The highest BCUT2D eigenvalue weighted by Crippen LogP contribution is 2.12. The summed E-state index contributed by atoms with van der Waals surface area (Å²) in [6, 6.07) is 4.67. The minimum Gasteiger partial charge on any atom is -0.376 e. The van der Waals surface area contributed by atoms with E-state index in [0.29, 0.717) is 12.1 Å². The number of carbonyl (C=O) groups is 1. The molecular weight excluding hydrogens is 195 g/mol. The lowest BCUT2D eigenvalue weighted by atomic mass is 10.2. The Balaban J connectivity index is 2.51. The maximum Gasteiger partial charge on any atom is 0.239 e. The molecule has 0 saturated heterocycles. The third-order valence-electron chi connectivity index (χ3n) is 1.98. The third kappa shape index (κ3) is 3.58. The number of benzene rings is 1. The van der Waals surface area contributed by atoms with Gasteiger partial charge in [0.05, 0.1) is 6.54 Å². The van der Waals surface area contributed by atoms with Crippen LogP contribution in [0, 0.1) is 12.7 Å². The first-order valence-corrected chi connectivity index (χ1v) is 4.90. The maximum absolute atomic E-state index is 12.9. The van der Waals surface area contributed by atoms with Crippen LogP contribution in [-0.2, 0) is 4.79 Å². The van der Waals surface area contributed by atoms with E-state index in [4.69, 9.17) is 0 Å². The van der Waals surface area contributed by atoms with E-state index in [2.05, 4.69) is 10.6 Å². The van der Waals surface area contributed by atoms with Gasteiger partial charge in [-0.3, -0.25) is 4.79 Å². The minimum atomic E-state index is -0.237. The molecule has 1 aromatic rings. The molecule has 82 valence electrons. The predicted molar refractivity (Wildman–Crippen MR) is 58.3 cm³/mol. The van der Waals surface area contributed by atoms with Gasteiger partial charge in [0.1, 0.15) is 5.82 Å². The quantitative estimate of drug-likeness (QED) is 0.794. The van der Waals surface area contributed by atoms with Gasteiger partial charge in [0.25, 0.3) is 0 Å². The molecular formula is C11H15FN2O. The molecule has 0 unspecified atom stereocenters. The molecule has 0 aliphatic carbocycles. The molecule has 1 aromatic carbocycles. The van der Waals surface area contributed by atoms with Crippen LogP contribution in [0.3, 0.4) is 0 Å². The zero-order valence-electron chi connectivity index (χ0n) is 8.93. The van der Waals surface area contributed by atoms with Gasteiger partial charge >= 0.3 is 0 Å². The molecule has 0 fully saturated rings. The van der Waals surface area contributed by atoms with Crippen molar-refractivity contribution in [2.24, 2.45) is 0 Å². The summed E-state index contributed by atoms with van der Waals surface area (Å²) < 4.78 is 12.9. The van der Waals surface area contributed by atoms with Crippen LogP contribution < -0.4 is 10.6 Å². The molecule has 0 radical (unpaired) electrons. The lowest BCUT2D eigenvalue weighted by Crippen LogP contribution is -2.29. The molecule has 0 atom stereocenters. The Hall–Kier alpha value is -1.58.